The molecule has 0 unspecified atom stereocenters. The Kier molecular flexibility index (Phi) is 6.98. The van der Waals surface area contributed by atoms with Gasteiger partial charge in [0, 0.05) is 26.2 Å². The zero-order valence-corrected chi connectivity index (χ0v) is 16.1. The number of likely N-dealkylation sites (N-methyl/N-ethyl adjacent to an activating group) is 1. The van der Waals surface area contributed by atoms with Crippen LogP contribution in [0.15, 0.2) is 30.3 Å². The number of amides is 1. The van der Waals surface area contributed by atoms with Gasteiger partial charge in [-0.3, -0.25) is 4.79 Å². The second-order valence-electron chi connectivity index (χ2n) is 7.17. The van der Waals surface area contributed by atoms with E-state index in [9.17, 15) is 13.2 Å². The van der Waals surface area contributed by atoms with Crippen molar-refractivity contribution >= 4 is 15.9 Å². The van der Waals surface area contributed by atoms with Gasteiger partial charge in [0.15, 0.2) is 0 Å². The highest BCUT2D eigenvalue weighted by Crippen LogP contribution is 2.13. The van der Waals surface area contributed by atoms with Gasteiger partial charge in [0.25, 0.3) is 0 Å². The molecule has 6 nitrogen and oxygen atoms in total. The average molecular weight is 368 g/mol. The van der Waals surface area contributed by atoms with Crippen LogP contribution >= 0.6 is 0 Å². The van der Waals surface area contributed by atoms with E-state index in [1.807, 2.05) is 39.1 Å². The third-order valence-corrected chi connectivity index (χ3v) is 5.70. The lowest BCUT2D eigenvalue weighted by molar-refractivity contribution is -0.135. The normalized spacial score (nSPS) is 17.7. The average Bonchev–Trinajstić information content (AvgIpc) is 2.54. The predicted molar refractivity (Wildman–Crippen MR) is 99.5 cm³/mol. The maximum Gasteiger partial charge on any atom is 0.240 e. The van der Waals surface area contributed by atoms with Crippen molar-refractivity contribution < 1.29 is 13.2 Å². The molecule has 1 fully saturated rings. The standard InChI is InChI=1S/C18H29N3O3S/c1-15(2)13-17(18(22)21-11-9-20(3)10-12-21)19-25(23,24)14-16-7-5-4-6-8-16/h4-8,15,17,19H,9-14H2,1-3H3/t17-/m0/s1. The molecule has 140 valence electrons. The number of carbonyl (C=O) groups excluding carboxylic acids is 1. The van der Waals surface area contributed by atoms with Gasteiger partial charge in [-0.05, 0) is 24.9 Å². The van der Waals surface area contributed by atoms with E-state index in [0.29, 0.717) is 25.1 Å². The minimum atomic E-state index is -3.58. The smallest absolute Gasteiger partial charge is 0.240 e. The topological polar surface area (TPSA) is 69.7 Å². The van der Waals surface area contributed by atoms with E-state index in [2.05, 4.69) is 9.62 Å². The van der Waals surface area contributed by atoms with Crippen LogP contribution in [0.1, 0.15) is 25.8 Å². The number of carbonyl (C=O) groups is 1. The molecule has 1 saturated heterocycles. The summed E-state index contributed by atoms with van der Waals surface area (Å²) in [5.74, 6) is -0.00220. The molecule has 0 saturated carbocycles. The quantitative estimate of drug-likeness (QED) is 0.789. The van der Waals surface area contributed by atoms with Crippen molar-refractivity contribution in [1.29, 1.82) is 0 Å². The number of nitrogens with zero attached hydrogens (tertiary/aromatic N) is 2. The molecule has 1 aromatic carbocycles. The summed E-state index contributed by atoms with van der Waals surface area (Å²) in [4.78, 5) is 16.8. The highest BCUT2D eigenvalue weighted by molar-refractivity contribution is 7.88. The van der Waals surface area contributed by atoms with Crippen LogP contribution < -0.4 is 4.72 Å². The Morgan fingerprint density at radius 2 is 1.72 bits per heavy atom. The molecule has 25 heavy (non-hydrogen) atoms. The summed E-state index contributed by atoms with van der Waals surface area (Å²) in [5, 5.41) is 0. The van der Waals surface area contributed by atoms with E-state index in [0.717, 1.165) is 13.1 Å². The highest BCUT2D eigenvalue weighted by atomic mass is 32.2. The lowest BCUT2D eigenvalue weighted by Gasteiger charge is -2.35. The molecule has 0 spiro atoms. The molecule has 0 bridgehead atoms. The molecule has 0 aliphatic carbocycles. The second kappa shape index (κ2) is 8.78. The van der Waals surface area contributed by atoms with E-state index in [1.54, 1.807) is 17.0 Å². The molecule has 7 heteroatoms. The molecule has 0 radical (unpaired) electrons. The lowest BCUT2D eigenvalue weighted by Crippen LogP contribution is -2.54. The van der Waals surface area contributed by atoms with Crippen molar-refractivity contribution in [2.45, 2.75) is 32.1 Å². The van der Waals surface area contributed by atoms with E-state index < -0.39 is 16.1 Å². The summed E-state index contributed by atoms with van der Waals surface area (Å²) >= 11 is 0. The number of piperazine rings is 1. The Morgan fingerprint density at radius 3 is 2.28 bits per heavy atom. The minimum absolute atomic E-state index is 0.113. The number of sulfonamides is 1. The van der Waals surface area contributed by atoms with Crippen molar-refractivity contribution in [2.24, 2.45) is 5.92 Å². The summed E-state index contributed by atoms with van der Waals surface area (Å²) < 4.78 is 27.7. The van der Waals surface area contributed by atoms with Crippen molar-refractivity contribution in [3.8, 4) is 0 Å². The second-order valence-corrected chi connectivity index (χ2v) is 8.93. The monoisotopic (exact) mass is 367 g/mol. The van der Waals surface area contributed by atoms with Crippen LogP contribution in [-0.4, -0.2) is 63.4 Å². The highest BCUT2D eigenvalue weighted by Gasteiger charge is 2.30. The number of nitrogens with one attached hydrogen (secondary N) is 1. The first-order valence-corrected chi connectivity index (χ1v) is 10.4. The Morgan fingerprint density at radius 1 is 1.12 bits per heavy atom. The van der Waals surface area contributed by atoms with E-state index >= 15 is 0 Å². The van der Waals surface area contributed by atoms with Crippen LogP contribution in [0.2, 0.25) is 0 Å². The fourth-order valence-corrected chi connectivity index (χ4v) is 4.32. The third-order valence-electron chi connectivity index (χ3n) is 4.34. The van der Waals surface area contributed by atoms with Crippen molar-refractivity contribution in [2.75, 3.05) is 33.2 Å². The Labute approximate surface area is 151 Å². The molecule has 1 atom stereocenters. The van der Waals surface area contributed by atoms with Crippen LogP contribution in [0, 0.1) is 5.92 Å². The van der Waals surface area contributed by atoms with Crippen LogP contribution in [0.4, 0.5) is 0 Å². The minimum Gasteiger partial charge on any atom is -0.339 e. The molecular formula is C18H29N3O3S. The van der Waals surface area contributed by atoms with Crippen LogP contribution in [0.25, 0.3) is 0 Å². The van der Waals surface area contributed by atoms with E-state index in [-0.39, 0.29) is 17.6 Å². The summed E-state index contributed by atoms with van der Waals surface area (Å²) in [6, 6.07) is 8.33. The fourth-order valence-electron chi connectivity index (χ4n) is 2.97. The predicted octanol–water partition coefficient (Wildman–Crippen LogP) is 1.29. The molecule has 1 aliphatic heterocycles. The van der Waals surface area contributed by atoms with Gasteiger partial charge >= 0.3 is 0 Å². The van der Waals surface area contributed by atoms with Gasteiger partial charge < -0.3 is 9.80 Å². The first-order valence-electron chi connectivity index (χ1n) is 8.78. The first-order chi connectivity index (χ1) is 11.8. The fraction of sp³-hybridized carbons (Fsp3) is 0.611. The van der Waals surface area contributed by atoms with Gasteiger partial charge in [-0.2, -0.15) is 0 Å². The molecule has 1 aromatic rings. The maximum atomic E-state index is 12.9. The summed E-state index contributed by atoms with van der Waals surface area (Å²) in [5.41, 5.74) is 0.713. The summed E-state index contributed by atoms with van der Waals surface area (Å²) in [6.07, 6.45) is 0.499. The van der Waals surface area contributed by atoms with Gasteiger partial charge in [-0.15, -0.1) is 0 Å². The van der Waals surface area contributed by atoms with Crippen molar-refractivity contribution in [3.63, 3.8) is 0 Å². The van der Waals surface area contributed by atoms with E-state index in [1.165, 1.54) is 0 Å². The van der Waals surface area contributed by atoms with Crippen LogP contribution in [0.5, 0.6) is 0 Å². The third kappa shape index (κ3) is 6.41. The van der Waals surface area contributed by atoms with Gasteiger partial charge in [-0.25, -0.2) is 13.1 Å². The SMILES string of the molecule is CC(C)C[C@H](NS(=O)(=O)Cc1ccccc1)C(=O)N1CCN(C)CC1. The van der Waals surface area contributed by atoms with Crippen molar-refractivity contribution in [3.05, 3.63) is 35.9 Å². The molecule has 1 N–H and O–H groups in total. The number of benzene rings is 1. The van der Waals surface area contributed by atoms with Gasteiger partial charge in [-0.1, -0.05) is 44.2 Å². The van der Waals surface area contributed by atoms with Gasteiger partial charge in [0.05, 0.1) is 5.75 Å². The maximum absolute atomic E-state index is 12.9. The zero-order valence-electron chi connectivity index (χ0n) is 15.3. The van der Waals surface area contributed by atoms with E-state index in [4.69, 9.17) is 0 Å². The van der Waals surface area contributed by atoms with Crippen molar-refractivity contribution in [1.82, 2.24) is 14.5 Å². The zero-order chi connectivity index (χ0) is 18.4. The van der Waals surface area contributed by atoms with Gasteiger partial charge in [0.1, 0.15) is 6.04 Å². The first kappa shape index (κ1) is 19.9. The molecule has 1 heterocycles. The van der Waals surface area contributed by atoms with Crippen LogP contribution in [0.3, 0.4) is 0 Å². The molecular weight excluding hydrogens is 338 g/mol. The number of rotatable bonds is 7. The van der Waals surface area contributed by atoms with Crippen LogP contribution in [-0.2, 0) is 20.6 Å². The number of hydrogen-bond donors (Lipinski definition) is 1. The summed E-state index contributed by atoms with van der Waals surface area (Å²) in [7, 11) is -1.56. The lowest BCUT2D eigenvalue weighted by atomic mass is 10.0. The Hall–Kier alpha value is -1.44. The Balaban J connectivity index is 2.07. The van der Waals surface area contributed by atoms with Gasteiger partial charge in [0.2, 0.25) is 15.9 Å². The molecule has 1 aliphatic rings. The Bertz CT molecular complexity index is 653. The number of hydrogen-bond acceptors (Lipinski definition) is 4. The summed E-state index contributed by atoms with van der Waals surface area (Å²) in [6.45, 7) is 6.91. The largest absolute Gasteiger partial charge is 0.339 e. The molecule has 2 rings (SSSR count). The molecule has 1 amide bonds. The molecule has 0 aromatic heterocycles.